The highest BCUT2D eigenvalue weighted by molar-refractivity contribution is 8.00. The molecule has 1 atom stereocenters. The van der Waals surface area contributed by atoms with Gasteiger partial charge in [0.2, 0.25) is 11.8 Å². The summed E-state index contributed by atoms with van der Waals surface area (Å²) in [6.45, 7) is 8.87. The Balaban J connectivity index is 2.17. The van der Waals surface area contributed by atoms with Crippen molar-refractivity contribution in [3.05, 3.63) is 35.0 Å². The summed E-state index contributed by atoms with van der Waals surface area (Å²) in [7, 11) is 5.05. The topological polar surface area (TPSA) is 85.7 Å². The zero-order chi connectivity index (χ0) is 24.3. The molecule has 9 heteroatoms. The minimum absolute atomic E-state index is 0.0336. The van der Waals surface area contributed by atoms with Crippen molar-refractivity contribution in [1.82, 2.24) is 15.1 Å². The second-order valence-corrected chi connectivity index (χ2v) is 10.2. The lowest BCUT2D eigenvalue weighted by Crippen LogP contribution is -2.42. The summed E-state index contributed by atoms with van der Waals surface area (Å²) in [5.41, 5.74) is 2.59. The molecule has 1 aromatic heterocycles. The van der Waals surface area contributed by atoms with E-state index in [9.17, 15) is 9.59 Å². The van der Waals surface area contributed by atoms with Crippen LogP contribution in [0.1, 0.15) is 56.2 Å². The summed E-state index contributed by atoms with van der Waals surface area (Å²) >= 11 is 1.54. The number of carbonyl (C=O) groups excluding carboxylic acids is 2. The summed E-state index contributed by atoms with van der Waals surface area (Å²) in [6.07, 6.45) is 0.835. The number of nitrogens with zero attached hydrogens (tertiary/aromatic N) is 3. The van der Waals surface area contributed by atoms with E-state index in [1.54, 1.807) is 35.6 Å². The van der Waals surface area contributed by atoms with E-state index in [2.05, 4.69) is 26.1 Å². The lowest BCUT2D eigenvalue weighted by molar-refractivity contribution is -0.122. The first-order valence-electron chi connectivity index (χ1n) is 11.1. The van der Waals surface area contributed by atoms with Gasteiger partial charge in [0.1, 0.15) is 12.4 Å². The van der Waals surface area contributed by atoms with E-state index in [-0.39, 0.29) is 34.8 Å². The molecule has 1 aliphatic rings. The second-order valence-electron chi connectivity index (χ2n) is 9.09. The van der Waals surface area contributed by atoms with Crippen molar-refractivity contribution in [1.29, 1.82) is 0 Å². The fourth-order valence-corrected chi connectivity index (χ4v) is 5.17. The third-order valence-electron chi connectivity index (χ3n) is 5.54. The number of aromatic nitrogens is 2. The molecule has 2 heterocycles. The van der Waals surface area contributed by atoms with Crippen LogP contribution in [0.4, 0.5) is 5.82 Å². The minimum atomic E-state index is -0.260. The Bertz CT molecular complexity index is 1030. The molecule has 180 valence electrons. The molecule has 33 heavy (non-hydrogen) atoms. The molecular weight excluding hydrogens is 440 g/mol. The van der Waals surface area contributed by atoms with Gasteiger partial charge >= 0.3 is 0 Å². The summed E-state index contributed by atoms with van der Waals surface area (Å²) in [4.78, 5) is 27.4. The summed E-state index contributed by atoms with van der Waals surface area (Å²) < 4.78 is 12.7. The van der Waals surface area contributed by atoms with Crippen LogP contribution in [0, 0.1) is 0 Å². The van der Waals surface area contributed by atoms with E-state index in [1.807, 2.05) is 32.2 Å². The Kier molecular flexibility index (Phi) is 7.62. The van der Waals surface area contributed by atoms with Gasteiger partial charge in [-0.2, -0.15) is 5.10 Å². The smallest absolute Gasteiger partial charge is 0.240 e. The molecule has 1 unspecified atom stereocenters. The van der Waals surface area contributed by atoms with E-state index in [0.29, 0.717) is 23.9 Å². The van der Waals surface area contributed by atoms with E-state index in [1.165, 1.54) is 0 Å². The number of ether oxygens (including phenoxy) is 2. The molecule has 0 bridgehead atoms. The molecule has 0 saturated carbocycles. The van der Waals surface area contributed by atoms with Gasteiger partial charge < -0.3 is 14.8 Å². The molecular formula is C24H34N4O4S. The van der Waals surface area contributed by atoms with Gasteiger partial charge in [-0.25, -0.2) is 0 Å². The van der Waals surface area contributed by atoms with Crippen LogP contribution < -0.4 is 19.7 Å². The van der Waals surface area contributed by atoms with Crippen LogP contribution in [0.2, 0.25) is 0 Å². The predicted octanol–water partition coefficient (Wildman–Crippen LogP) is 3.43. The van der Waals surface area contributed by atoms with Crippen LogP contribution >= 0.6 is 11.8 Å². The number of fused-ring (bicyclic) bond motifs is 1. The third-order valence-corrected chi connectivity index (χ3v) is 6.79. The van der Waals surface area contributed by atoms with Crippen molar-refractivity contribution < 1.29 is 19.1 Å². The standard InChI is InChI=1S/C24H34N4O4S/c1-8-11-25-18(29)13-28-19(30)14-33-21(15-9-10-16(31-6)17(12-15)32-7)20-22(24(2,3)4)26-27(5)23(20)28/h9-10,12,21H,8,11,13-14H2,1-7H3,(H,25,29). The van der Waals surface area contributed by atoms with E-state index in [0.717, 1.165) is 23.2 Å². The van der Waals surface area contributed by atoms with Gasteiger partial charge in [-0.1, -0.05) is 33.8 Å². The fraction of sp³-hybridized carbons (Fsp3) is 0.542. The molecule has 1 N–H and O–H groups in total. The monoisotopic (exact) mass is 474 g/mol. The van der Waals surface area contributed by atoms with Crippen molar-refractivity contribution >= 4 is 29.4 Å². The molecule has 0 spiro atoms. The van der Waals surface area contributed by atoms with Crippen molar-refractivity contribution in [2.45, 2.75) is 44.8 Å². The van der Waals surface area contributed by atoms with Crippen molar-refractivity contribution in [3.63, 3.8) is 0 Å². The van der Waals surface area contributed by atoms with Crippen molar-refractivity contribution in [2.75, 3.05) is 38.0 Å². The molecule has 0 fully saturated rings. The number of rotatable bonds is 7. The molecule has 8 nitrogen and oxygen atoms in total. The quantitative estimate of drug-likeness (QED) is 0.662. The van der Waals surface area contributed by atoms with Gasteiger partial charge in [-0.15, -0.1) is 11.8 Å². The predicted molar refractivity (Wildman–Crippen MR) is 131 cm³/mol. The lowest BCUT2D eigenvalue weighted by Gasteiger charge is -2.24. The van der Waals surface area contributed by atoms with E-state index >= 15 is 0 Å². The van der Waals surface area contributed by atoms with E-state index < -0.39 is 0 Å². The summed E-state index contributed by atoms with van der Waals surface area (Å²) in [5, 5.41) is 7.55. The number of benzene rings is 1. The van der Waals surface area contributed by atoms with Crippen LogP contribution in [0.25, 0.3) is 0 Å². The average molecular weight is 475 g/mol. The number of aryl methyl sites for hydroxylation is 1. The number of hydrogen-bond donors (Lipinski definition) is 1. The van der Waals surface area contributed by atoms with Gasteiger partial charge in [0.05, 0.1) is 30.9 Å². The average Bonchev–Trinajstić information content (AvgIpc) is 3.05. The third kappa shape index (κ3) is 5.13. The SMILES string of the molecule is CCCNC(=O)CN1C(=O)CSC(c2ccc(OC)c(OC)c2)c2c(C(C)(C)C)nn(C)c21. The molecule has 1 aromatic carbocycles. The number of amides is 2. The fourth-order valence-electron chi connectivity index (χ4n) is 3.99. The highest BCUT2D eigenvalue weighted by Crippen LogP contribution is 2.48. The lowest BCUT2D eigenvalue weighted by atomic mass is 9.87. The number of nitrogens with one attached hydrogen (secondary N) is 1. The van der Waals surface area contributed by atoms with Gasteiger partial charge in [-0.05, 0) is 24.1 Å². The van der Waals surface area contributed by atoms with Crippen LogP contribution in [0.15, 0.2) is 18.2 Å². The molecule has 1 aliphatic heterocycles. The van der Waals surface area contributed by atoms with Crippen LogP contribution in [0.3, 0.4) is 0 Å². The maximum absolute atomic E-state index is 13.2. The minimum Gasteiger partial charge on any atom is -0.493 e. The molecule has 2 aromatic rings. The molecule has 3 rings (SSSR count). The molecule has 0 radical (unpaired) electrons. The van der Waals surface area contributed by atoms with Crippen LogP contribution in [0.5, 0.6) is 11.5 Å². The number of hydrogen-bond acceptors (Lipinski definition) is 6. The van der Waals surface area contributed by atoms with Gasteiger partial charge in [0.15, 0.2) is 11.5 Å². The van der Waals surface area contributed by atoms with Crippen LogP contribution in [-0.2, 0) is 22.1 Å². The maximum Gasteiger partial charge on any atom is 0.240 e. The number of anilines is 1. The Morgan fingerprint density at radius 1 is 1.24 bits per heavy atom. The largest absolute Gasteiger partial charge is 0.493 e. The van der Waals surface area contributed by atoms with Crippen molar-refractivity contribution in [2.24, 2.45) is 7.05 Å². The zero-order valence-electron chi connectivity index (χ0n) is 20.5. The first kappa shape index (κ1) is 25.0. The molecule has 2 amide bonds. The Morgan fingerprint density at radius 3 is 2.55 bits per heavy atom. The first-order chi connectivity index (χ1) is 15.6. The van der Waals surface area contributed by atoms with Gasteiger partial charge in [0.25, 0.3) is 0 Å². The Morgan fingerprint density at radius 2 is 1.94 bits per heavy atom. The van der Waals surface area contributed by atoms with Crippen LogP contribution in [-0.4, -0.2) is 54.7 Å². The first-order valence-corrected chi connectivity index (χ1v) is 12.1. The van der Waals surface area contributed by atoms with Gasteiger partial charge in [-0.3, -0.25) is 19.2 Å². The van der Waals surface area contributed by atoms with Crippen molar-refractivity contribution in [3.8, 4) is 11.5 Å². The summed E-state index contributed by atoms with van der Waals surface area (Å²) in [6, 6.07) is 5.83. The molecule has 0 aliphatic carbocycles. The van der Waals surface area contributed by atoms with Gasteiger partial charge in [0, 0.05) is 24.6 Å². The normalized spacial score (nSPS) is 16.3. The Labute approximate surface area is 200 Å². The number of carbonyl (C=O) groups is 2. The Hall–Kier alpha value is -2.68. The highest BCUT2D eigenvalue weighted by Gasteiger charge is 2.39. The summed E-state index contributed by atoms with van der Waals surface area (Å²) in [5.74, 6) is 1.90. The zero-order valence-corrected chi connectivity index (χ0v) is 21.3. The molecule has 0 saturated heterocycles. The maximum atomic E-state index is 13.2. The van der Waals surface area contributed by atoms with E-state index in [4.69, 9.17) is 14.6 Å². The number of thioether (sulfide) groups is 1. The number of methoxy groups -OCH3 is 2. The second kappa shape index (κ2) is 10.1. The highest BCUT2D eigenvalue weighted by atomic mass is 32.2.